The first-order valence-corrected chi connectivity index (χ1v) is 8.23. The average molecular weight is 334 g/mol. The number of ether oxygens (including phenoxy) is 2. The second-order valence-corrected chi connectivity index (χ2v) is 8.21. The SMILES string of the molecule is COC(C)(C)CC(C)(C#N)N=NC(C)(C#N)C1(C(C)(C)OC)CC1. The summed E-state index contributed by atoms with van der Waals surface area (Å²) in [4.78, 5) is 0. The molecular formula is C18H30N4O2. The second kappa shape index (κ2) is 6.43. The lowest BCUT2D eigenvalue weighted by molar-refractivity contribution is -0.0598. The normalized spacial score (nSPS) is 22.2. The van der Waals surface area contributed by atoms with Crippen molar-refractivity contribution in [2.24, 2.45) is 15.6 Å². The summed E-state index contributed by atoms with van der Waals surface area (Å²) in [6.07, 6.45) is 2.09. The molecule has 0 aliphatic heterocycles. The molecule has 0 N–H and O–H groups in total. The molecule has 6 nitrogen and oxygen atoms in total. The molecule has 0 amide bonds. The third-order valence-corrected chi connectivity index (χ3v) is 5.60. The predicted octanol–water partition coefficient (Wildman–Crippen LogP) is 4.02. The van der Waals surface area contributed by atoms with Gasteiger partial charge in [-0.2, -0.15) is 20.8 Å². The number of nitriles is 2. The minimum Gasteiger partial charge on any atom is -0.379 e. The van der Waals surface area contributed by atoms with Crippen molar-refractivity contribution in [2.45, 2.75) is 83.1 Å². The van der Waals surface area contributed by atoms with Crippen LogP contribution in [0.1, 0.15) is 60.8 Å². The summed E-state index contributed by atoms with van der Waals surface area (Å²) in [7, 11) is 3.25. The van der Waals surface area contributed by atoms with Crippen LogP contribution in [0, 0.1) is 28.1 Å². The Bertz CT molecular complexity index is 581. The van der Waals surface area contributed by atoms with Crippen LogP contribution in [-0.4, -0.2) is 36.5 Å². The maximum absolute atomic E-state index is 9.80. The molecule has 0 aromatic rings. The maximum atomic E-state index is 9.80. The Kier molecular flexibility index (Phi) is 5.50. The molecule has 1 saturated carbocycles. The van der Waals surface area contributed by atoms with Crippen LogP contribution in [0.3, 0.4) is 0 Å². The van der Waals surface area contributed by atoms with Crippen molar-refractivity contribution in [3.63, 3.8) is 0 Å². The molecule has 0 aromatic heterocycles. The summed E-state index contributed by atoms with van der Waals surface area (Å²) < 4.78 is 11.0. The van der Waals surface area contributed by atoms with E-state index in [-0.39, 0.29) is 5.41 Å². The molecule has 2 unspecified atom stereocenters. The van der Waals surface area contributed by atoms with Crippen LogP contribution in [0.2, 0.25) is 0 Å². The van der Waals surface area contributed by atoms with Crippen LogP contribution in [0.4, 0.5) is 0 Å². The topological polar surface area (TPSA) is 90.8 Å². The standard InChI is InChI=1S/C18H30N4O2/c1-14(2,23-7)11-16(5,12-19)21-22-17(6,13-20)18(9-10-18)15(3,4)24-8/h9-11H2,1-8H3. The lowest BCUT2D eigenvalue weighted by Crippen LogP contribution is -2.49. The van der Waals surface area contributed by atoms with Gasteiger partial charge in [0.2, 0.25) is 0 Å². The Labute approximate surface area is 145 Å². The van der Waals surface area contributed by atoms with Gasteiger partial charge in [-0.25, -0.2) is 0 Å². The summed E-state index contributed by atoms with van der Waals surface area (Å²) in [5.74, 6) is 0. The Balaban J connectivity index is 3.17. The zero-order chi connectivity index (χ0) is 18.9. The van der Waals surface area contributed by atoms with E-state index in [0.717, 1.165) is 12.8 Å². The molecule has 1 aliphatic carbocycles. The lowest BCUT2D eigenvalue weighted by Gasteiger charge is -2.40. The van der Waals surface area contributed by atoms with Crippen molar-refractivity contribution < 1.29 is 9.47 Å². The van der Waals surface area contributed by atoms with Gasteiger partial charge in [-0.15, -0.1) is 0 Å². The zero-order valence-corrected chi connectivity index (χ0v) is 16.2. The molecule has 1 aliphatic rings. The van der Waals surface area contributed by atoms with Crippen LogP contribution >= 0.6 is 0 Å². The largest absolute Gasteiger partial charge is 0.379 e. The number of methoxy groups -OCH3 is 2. The smallest absolute Gasteiger partial charge is 0.173 e. The van der Waals surface area contributed by atoms with Gasteiger partial charge in [0, 0.05) is 26.1 Å². The molecule has 0 heterocycles. The molecule has 0 spiro atoms. The third-order valence-electron chi connectivity index (χ3n) is 5.60. The van der Waals surface area contributed by atoms with E-state index in [9.17, 15) is 10.5 Å². The van der Waals surface area contributed by atoms with Gasteiger partial charge < -0.3 is 9.47 Å². The summed E-state index contributed by atoms with van der Waals surface area (Å²) in [5, 5.41) is 28.1. The Hall–Kier alpha value is -1.50. The Morgan fingerprint density at radius 2 is 1.46 bits per heavy atom. The quantitative estimate of drug-likeness (QED) is 0.627. The fourth-order valence-corrected chi connectivity index (χ4v) is 3.43. The van der Waals surface area contributed by atoms with E-state index in [1.165, 1.54) is 0 Å². The third kappa shape index (κ3) is 3.61. The van der Waals surface area contributed by atoms with E-state index in [1.54, 1.807) is 28.1 Å². The highest BCUT2D eigenvalue weighted by Gasteiger charge is 2.67. The van der Waals surface area contributed by atoms with Gasteiger partial charge in [-0.05, 0) is 54.4 Å². The monoisotopic (exact) mass is 334 g/mol. The molecule has 1 fully saturated rings. The number of azo groups is 1. The lowest BCUT2D eigenvalue weighted by atomic mass is 9.73. The minimum atomic E-state index is -1.05. The molecule has 0 aromatic carbocycles. The molecular weight excluding hydrogens is 304 g/mol. The summed E-state index contributed by atoms with van der Waals surface area (Å²) in [5.41, 5.74) is -3.48. The second-order valence-electron chi connectivity index (χ2n) is 8.21. The molecule has 0 radical (unpaired) electrons. The van der Waals surface area contributed by atoms with E-state index in [2.05, 4.69) is 22.4 Å². The van der Waals surface area contributed by atoms with Crippen molar-refractivity contribution in [3.8, 4) is 12.1 Å². The predicted molar refractivity (Wildman–Crippen MR) is 91.4 cm³/mol. The van der Waals surface area contributed by atoms with Gasteiger partial charge in [0.1, 0.15) is 0 Å². The molecule has 6 heteroatoms. The van der Waals surface area contributed by atoms with Gasteiger partial charge in [-0.3, -0.25) is 0 Å². The van der Waals surface area contributed by atoms with Crippen LogP contribution in [-0.2, 0) is 9.47 Å². The molecule has 2 atom stereocenters. The highest BCUT2D eigenvalue weighted by atomic mass is 16.5. The summed E-state index contributed by atoms with van der Waals surface area (Å²) in [6, 6.07) is 4.52. The first-order valence-electron chi connectivity index (χ1n) is 8.23. The van der Waals surface area contributed by atoms with Crippen LogP contribution < -0.4 is 0 Å². The molecule has 24 heavy (non-hydrogen) atoms. The van der Waals surface area contributed by atoms with E-state index < -0.39 is 22.3 Å². The first-order chi connectivity index (χ1) is 10.9. The Morgan fingerprint density at radius 3 is 1.79 bits per heavy atom. The first kappa shape index (κ1) is 20.5. The molecule has 134 valence electrons. The number of hydrogen-bond donors (Lipinski definition) is 0. The van der Waals surface area contributed by atoms with Crippen molar-refractivity contribution in [3.05, 3.63) is 0 Å². The van der Waals surface area contributed by atoms with Gasteiger partial charge in [0.15, 0.2) is 11.1 Å². The molecule has 1 rings (SSSR count). The van der Waals surface area contributed by atoms with Crippen LogP contribution in [0.5, 0.6) is 0 Å². The Morgan fingerprint density at radius 1 is 0.917 bits per heavy atom. The van der Waals surface area contributed by atoms with E-state index in [4.69, 9.17) is 9.47 Å². The van der Waals surface area contributed by atoms with Gasteiger partial charge in [0.05, 0.1) is 23.3 Å². The van der Waals surface area contributed by atoms with Crippen molar-refractivity contribution in [1.82, 2.24) is 0 Å². The summed E-state index contributed by atoms with van der Waals surface area (Å²) >= 11 is 0. The van der Waals surface area contributed by atoms with E-state index in [1.807, 2.05) is 27.7 Å². The van der Waals surface area contributed by atoms with Crippen LogP contribution in [0.25, 0.3) is 0 Å². The van der Waals surface area contributed by atoms with E-state index >= 15 is 0 Å². The number of nitrogens with zero attached hydrogens (tertiary/aromatic N) is 4. The van der Waals surface area contributed by atoms with Crippen molar-refractivity contribution in [2.75, 3.05) is 14.2 Å². The minimum absolute atomic E-state index is 0.388. The zero-order valence-electron chi connectivity index (χ0n) is 16.2. The van der Waals surface area contributed by atoms with E-state index in [0.29, 0.717) is 6.42 Å². The fraction of sp³-hybridized carbons (Fsp3) is 0.889. The fourth-order valence-electron chi connectivity index (χ4n) is 3.43. The number of hydrogen-bond acceptors (Lipinski definition) is 6. The number of rotatable bonds is 8. The molecule has 0 saturated heterocycles. The van der Waals surface area contributed by atoms with Crippen LogP contribution in [0.15, 0.2) is 10.2 Å². The highest BCUT2D eigenvalue weighted by molar-refractivity contribution is 5.26. The maximum Gasteiger partial charge on any atom is 0.173 e. The summed E-state index contributed by atoms with van der Waals surface area (Å²) in [6.45, 7) is 11.3. The van der Waals surface area contributed by atoms with Crippen molar-refractivity contribution in [1.29, 1.82) is 10.5 Å². The van der Waals surface area contributed by atoms with Gasteiger partial charge >= 0.3 is 0 Å². The highest BCUT2D eigenvalue weighted by Crippen LogP contribution is 2.63. The average Bonchev–Trinajstić information content (AvgIpc) is 3.35. The van der Waals surface area contributed by atoms with Gasteiger partial charge in [-0.1, -0.05) is 0 Å². The van der Waals surface area contributed by atoms with Crippen molar-refractivity contribution >= 4 is 0 Å². The van der Waals surface area contributed by atoms with Gasteiger partial charge in [0.25, 0.3) is 0 Å². The molecule has 0 bridgehead atoms.